The molecule has 0 bridgehead atoms. The largest absolute Gasteiger partial charge is 0.357 e. The summed E-state index contributed by atoms with van der Waals surface area (Å²) in [6.07, 6.45) is 10.5. The van der Waals surface area contributed by atoms with Gasteiger partial charge in [-0.05, 0) is 51.8 Å². The van der Waals surface area contributed by atoms with Crippen molar-refractivity contribution in [3.63, 3.8) is 0 Å². The van der Waals surface area contributed by atoms with Gasteiger partial charge < -0.3 is 15.1 Å². The molecule has 1 N–H and O–H groups in total. The van der Waals surface area contributed by atoms with Crippen LogP contribution >= 0.6 is 0 Å². The zero-order valence-corrected chi connectivity index (χ0v) is 17.9. The van der Waals surface area contributed by atoms with Gasteiger partial charge in [0.2, 0.25) is 0 Å². The van der Waals surface area contributed by atoms with E-state index in [4.69, 9.17) is 4.99 Å². The number of guanidine groups is 1. The molecule has 3 atom stereocenters. The summed E-state index contributed by atoms with van der Waals surface area (Å²) in [4.78, 5) is 10.0. The molecule has 6 heteroatoms. The second-order valence-electron chi connectivity index (χ2n) is 8.87. The number of likely N-dealkylation sites (tertiary alicyclic amines) is 1. The molecule has 1 saturated heterocycles. The molecule has 0 spiro atoms. The highest BCUT2D eigenvalue weighted by Gasteiger charge is 2.37. The SMILES string of the molecule is CCNC(=NCC1(N(C)C)CCCC(C)C1)N1CCC(c2cnn(C)c2)C1. The Bertz CT molecular complexity index is 636. The van der Waals surface area contributed by atoms with Crippen LogP contribution in [0.4, 0.5) is 0 Å². The van der Waals surface area contributed by atoms with Crippen LogP contribution < -0.4 is 5.32 Å². The second-order valence-corrected chi connectivity index (χ2v) is 8.87. The Morgan fingerprint density at radius 2 is 2.22 bits per heavy atom. The van der Waals surface area contributed by atoms with Gasteiger partial charge in [-0.25, -0.2) is 0 Å². The van der Waals surface area contributed by atoms with Crippen molar-refractivity contribution < 1.29 is 0 Å². The Morgan fingerprint density at radius 1 is 1.41 bits per heavy atom. The lowest BCUT2D eigenvalue weighted by Gasteiger charge is -2.44. The summed E-state index contributed by atoms with van der Waals surface area (Å²) < 4.78 is 1.91. The molecular formula is C21H38N6. The molecule has 3 rings (SSSR count). The Labute approximate surface area is 165 Å². The molecule has 0 aromatic carbocycles. The van der Waals surface area contributed by atoms with Gasteiger partial charge in [0.05, 0.1) is 12.7 Å². The Kier molecular flexibility index (Phi) is 6.45. The molecule has 1 aliphatic heterocycles. The van der Waals surface area contributed by atoms with Crippen molar-refractivity contribution in [2.24, 2.45) is 18.0 Å². The third-order valence-corrected chi connectivity index (χ3v) is 6.56. The van der Waals surface area contributed by atoms with Crippen LogP contribution in [0.25, 0.3) is 0 Å². The summed E-state index contributed by atoms with van der Waals surface area (Å²) in [7, 11) is 6.46. The van der Waals surface area contributed by atoms with Gasteiger partial charge in [-0.2, -0.15) is 5.10 Å². The fourth-order valence-corrected chi connectivity index (χ4v) is 4.85. The predicted molar refractivity (Wildman–Crippen MR) is 112 cm³/mol. The average molecular weight is 375 g/mol. The molecule has 1 aromatic rings. The van der Waals surface area contributed by atoms with E-state index in [0.717, 1.165) is 38.1 Å². The Hall–Kier alpha value is -1.56. The van der Waals surface area contributed by atoms with Gasteiger partial charge in [0, 0.05) is 44.3 Å². The molecule has 152 valence electrons. The molecule has 6 nitrogen and oxygen atoms in total. The molecule has 2 heterocycles. The van der Waals surface area contributed by atoms with Crippen LogP contribution in [0.5, 0.6) is 0 Å². The summed E-state index contributed by atoms with van der Waals surface area (Å²) in [5, 5.41) is 7.89. The third-order valence-electron chi connectivity index (χ3n) is 6.56. The third kappa shape index (κ3) is 4.65. The molecule has 3 unspecified atom stereocenters. The number of rotatable bonds is 5. The van der Waals surface area contributed by atoms with Crippen LogP contribution in [0, 0.1) is 5.92 Å². The summed E-state index contributed by atoms with van der Waals surface area (Å²) in [6, 6.07) is 0. The van der Waals surface area contributed by atoms with Crippen molar-refractivity contribution >= 4 is 5.96 Å². The van der Waals surface area contributed by atoms with Crippen molar-refractivity contribution in [1.29, 1.82) is 0 Å². The van der Waals surface area contributed by atoms with Gasteiger partial charge in [0.25, 0.3) is 0 Å². The highest BCUT2D eigenvalue weighted by atomic mass is 15.3. The smallest absolute Gasteiger partial charge is 0.194 e. The fraction of sp³-hybridized carbons (Fsp3) is 0.810. The normalized spacial score (nSPS) is 29.6. The number of nitrogens with zero attached hydrogens (tertiary/aromatic N) is 5. The number of hydrogen-bond donors (Lipinski definition) is 1. The van der Waals surface area contributed by atoms with Crippen molar-refractivity contribution in [3.8, 4) is 0 Å². The van der Waals surface area contributed by atoms with Crippen molar-refractivity contribution in [3.05, 3.63) is 18.0 Å². The van der Waals surface area contributed by atoms with Gasteiger partial charge in [-0.1, -0.05) is 19.8 Å². The lowest BCUT2D eigenvalue weighted by Crippen LogP contribution is -2.51. The molecule has 1 aromatic heterocycles. The molecular weight excluding hydrogens is 336 g/mol. The molecule has 0 radical (unpaired) electrons. The van der Waals surface area contributed by atoms with Crippen LogP contribution in [0.15, 0.2) is 17.4 Å². The average Bonchev–Trinajstić information content (AvgIpc) is 3.27. The highest BCUT2D eigenvalue weighted by molar-refractivity contribution is 5.80. The first-order valence-corrected chi connectivity index (χ1v) is 10.6. The first-order chi connectivity index (χ1) is 12.9. The van der Waals surface area contributed by atoms with Gasteiger partial charge in [0.1, 0.15) is 0 Å². The minimum atomic E-state index is 0.209. The summed E-state index contributed by atoms with van der Waals surface area (Å²) in [5.74, 6) is 2.43. The molecule has 27 heavy (non-hydrogen) atoms. The van der Waals surface area contributed by atoms with Crippen LogP contribution in [-0.4, -0.2) is 71.4 Å². The molecule has 2 aliphatic rings. The van der Waals surface area contributed by atoms with E-state index < -0.39 is 0 Å². The number of hydrogen-bond acceptors (Lipinski definition) is 3. The summed E-state index contributed by atoms with van der Waals surface area (Å²) in [6.45, 7) is 8.46. The van der Waals surface area contributed by atoms with E-state index in [2.05, 4.69) is 54.4 Å². The van der Waals surface area contributed by atoms with Gasteiger partial charge in [-0.15, -0.1) is 0 Å². The van der Waals surface area contributed by atoms with Gasteiger partial charge >= 0.3 is 0 Å². The molecule has 2 fully saturated rings. The zero-order chi connectivity index (χ0) is 19.4. The topological polar surface area (TPSA) is 48.7 Å². The minimum absolute atomic E-state index is 0.209. The summed E-state index contributed by atoms with van der Waals surface area (Å²) >= 11 is 0. The quantitative estimate of drug-likeness (QED) is 0.636. The van der Waals surface area contributed by atoms with Gasteiger partial charge in [0.15, 0.2) is 5.96 Å². The number of aryl methyl sites for hydroxylation is 1. The number of aromatic nitrogens is 2. The van der Waals surface area contributed by atoms with E-state index in [1.807, 2.05) is 17.9 Å². The van der Waals surface area contributed by atoms with Crippen LogP contribution in [0.3, 0.4) is 0 Å². The highest BCUT2D eigenvalue weighted by Crippen LogP contribution is 2.36. The Balaban J connectivity index is 1.70. The van der Waals surface area contributed by atoms with Crippen molar-refractivity contribution in [2.45, 2.75) is 57.4 Å². The van der Waals surface area contributed by atoms with E-state index in [-0.39, 0.29) is 5.54 Å². The van der Waals surface area contributed by atoms with E-state index in [1.54, 1.807) is 0 Å². The summed E-state index contributed by atoms with van der Waals surface area (Å²) in [5.41, 5.74) is 1.56. The van der Waals surface area contributed by atoms with Crippen LogP contribution in [0.2, 0.25) is 0 Å². The number of likely N-dealkylation sites (N-methyl/N-ethyl adjacent to an activating group) is 1. The minimum Gasteiger partial charge on any atom is -0.357 e. The molecule has 1 aliphatic carbocycles. The lowest BCUT2D eigenvalue weighted by molar-refractivity contribution is 0.0843. The first-order valence-electron chi connectivity index (χ1n) is 10.6. The predicted octanol–water partition coefficient (Wildman–Crippen LogP) is 2.69. The zero-order valence-electron chi connectivity index (χ0n) is 17.9. The van der Waals surface area contributed by atoms with Crippen molar-refractivity contribution in [1.82, 2.24) is 24.9 Å². The van der Waals surface area contributed by atoms with Gasteiger partial charge in [-0.3, -0.25) is 9.67 Å². The maximum atomic E-state index is 5.15. The Morgan fingerprint density at radius 3 is 2.85 bits per heavy atom. The van der Waals surface area contributed by atoms with E-state index in [1.165, 1.54) is 37.7 Å². The van der Waals surface area contributed by atoms with E-state index in [0.29, 0.717) is 5.92 Å². The molecule has 0 amide bonds. The van der Waals surface area contributed by atoms with Crippen LogP contribution in [0.1, 0.15) is 57.4 Å². The maximum absolute atomic E-state index is 5.15. The first kappa shape index (κ1) is 20.2. The van der Waals surface area contributed by atoms with Crippen molar-refractivity contribution in [2.75, 3.05) is 40.3 Å². The number of aliphatic imine (C=N–C) groups is 1. The van der Waals surface area contributed by atoms with E-state index in [9.17, 15) is 0 Å². The molecule has 1 saturated carbocycles. The lowest BCUT2D eigenvalue weighted by atomic mass is 9.75. The van der Waals surface area contributed by atoms with Crippen LogP contribution in [-0.2, 0) is 7.05 Å². The van der Waals surface area contributed by atoms with E-state index >= 15 is 0 Å². The second kappa shape index (κ2) is 8.63. The standard InChI is InChI=1S/C21H38N6/c1-6-22-20(23-16-21(25(3)4)10-7-8-17(2)12-21)27-11-9-18(15-27)19-13-24-26(5)14-19/h13-14,17-18H,6-12,15-16H2,1-5H3,(H,22,23). The maximum Gasteiger partial charge on any atom is 0.194 e. The fourth-order valence-electron chi connectivity index (χ4n) is 4.85. The number of nitrogens with one attached hydrogen (secondary N) is 1. The monoisotopic (exact) mass is 374 g/mol.